The number of halogens is 3. The predicted molar refractivity (Wildman–Crippen MR) is 82.4 cm³/mol. The second-order valence-corrected chi connectivity index (χ2v) is 5.71. The summed E-state index contributed by atoms with van der Waals surface area (Å²) >= 11 is 0.906. The van der Waals surface area contributed by atoms with Gasteiger partial charge in [0.1, 0.15) is 5.03 Å². The van der Waals surface area contributed by atoms with Gasteiger partial charge in [0.2, 0.25) is 0 Å². The van der Waals surface area contributed by atoms with E-state index in [-0.39, 0.29) is 27.8 Å². The van der Waals surface area contributed by atoms with E-state index in [1.807, 2.05) is 0 Å². The highest BCUT2D eigenvalue weighted by molar-refractivity contribution is 7.99. The number of carbonyl (C=O) groups excluding carboxylic acids is 1. The zero-order chi connectivity index (χ0) is 18.6. The molecular formula is C15H11F3N2O4S. The number of alkyl halides is 3. The van der Waals surface area contributed by atoms with Crippen LogP contribution < -0.4 is 0 Å². The van der Waals surface area contributed by atoms with Crippen molar-refractivity contribution >= 4 is 23.4 Å². The van der Waals surface area contributed by atoms with Crippen molar-refractivity contribution in [2.24, 2.45) is 0 Å². The first-order valence-electron chi connectivity index (χ1n) is 6.89. The summed E-state index contributed by atoms with van der Waals surface area (Å²) in [5.41, 5.74) is -1.25. The summed E-state index contributed by atoms with van der Waals surface area (Å²) in [6.45, 7) is 1.66. The molecule has 132 valence electrons. The molecule has 2 aromatic rings. The third kappa shape index (κ3) is 4.69. The third-order valence-electron chi connectivity index (χ3n) is 2.95. The molecule has 0 aliphatic carbocycles. The van der Waals surface area contributed by atoms with E-state index in [0.717, 1.165) is 30.0 Å². The van der Waals surface area contributed by atoms with Crippen molar-refractivity contribution in [1.82, 2.24) is 4.98 Å². The molecule has 0 aliphatic rings. The van der Waals surface area contributed by atoms with Gasteiger partial charge in [0.15, 0.2) is 0 Å². The molecule has 0 fully saturated rings. The van der Waals surface area contributed by atoms with Crippen LogP contribution in [-0.2, 0) is 10.9 Å². The maximum atomic E-state index is 12.5. The van der Waals surface area contributed by atoms with E-state index in [1.165, 1.54) is 12.1 Å². The molecule has 0 unspecified atom stereocenters. The molecule has 0 bridgehead atoms. The van der Waals surface area contributed by atoms with E-state index in [4.69, 9.17) is 4.74 Å². The van der Waals surface area contributed by atoms with Crippen LogP contribution in [0.15, 0.2) is 46.5 Å². The van der Waals surface area contributed by atoms with Crippen molar-refractivity contribution in [3.8, 4) is 0 Å². The molecule has 0 saturated carbocycles. The highest BCUT2D eigenvalue weighted by Gasteiger charge is 2.30. The lowest BCUT2D eigenvalue weighted by atomic mass is 10.2. The number of hydrogen-bond donors (Lipinski definition) is 0. The van der Waals surface area contributed by atoms with Crippen LogP contribution >= 0.6 is 11.8 Å². The molecule has 0 amide bonds. The van der Waals surface area contributed by atoms with Crippen molar-refractivity contribution in [3.63, 3.8) is 0 Å². The molecule has 10 heteroatoms. The van der Waals surface area contributed by atoms with Crippen LogP contribution in [0.4, 0.5) is 18.9 Å². The monoisotopic (exact) mass is 372 g/mol. The molecule has 1 heterocycles. The van der Waals surface area contributed by atoms with Gasteiger partial charge in [0.25, 0.3) is 5.69 Å². The number of pyridine rings is 1. The van der Waals surface area contributed by atoms with Gasteiger partial charge >= 0.3 is 12.1 Å². The van der Waals surface area contributed by atoms with E-state index in [2.05, 4.69) is 4.98 Å². The average molecular weight is 372 g/mol. The molecular weight excluding hydrogens is 361 g/mol. The Kier molecular flexibility index (Phi) is 5.62. The largest absolute Gasteiger partial charge is 0.462 e. The number of hydrogen-bond acceptors (Lipinski definition) is 6. The number of esters is 1. The molecule has 0 saturated heterocycles. The molecule has 0 spiro atoms. The van der Waals surface area contributed by atoms with Crippen LogP contribution in [0.3, 0.4) is 0 Å². The normalized spacial score (nSPS) is 11.2. The van der Waals surface area contributed by atoms with Crippen molar-refractivity contribution in [2.45, 2.75) is 23.0 Å². The molecule has 0 aliphatic heterocycles. The molecule has 0 N–H and O–H groups in total. The summed E-state index contributed by atoms with van der Waals surface area (Å²) in [5.74, 6) is -0.763. The summed E-state index contributed by atoms with van der Waals surface area (Å²) in [5, 5.41) is 11.1. The Morgan fingerprint density at radius 2 is 2.04 bits per heavy atom. The van der Waals surface area contributed by atoms with Gasteiger partial charge in [-0.15, -0.1) is 0 Å². The molecule has 25 heavy (non-hydrogen) atoms. The fraction of sp³-hybridized carbons (Fsp3) is 0.200. The van der Waals surface area contributed by atoms with E-state index >= 15 is 0 Å². The van der Waals surface area contributed by atoms with E-state index in [9.17, 15) is 28.1 Å². The standard InChI is InChI=1S/C15H11F3N2O4S/c1-2-24-14(21)11-7-10(20(22)23)4-5-12(11)25-13-6-3-9(8-19-13)15(16,17)18/h3-8H,2H2,1H3. The molecule has 6 nitrogen and oxygen atoms in total. The molecule has 0 radical (unpaired) electrons. The fourth-order valence-electron chi connectivity index (χ4n) is 1.81. The highest BCUT2D eigenvalue weighted by atomic mass is 32.2. The number of aromatic nitrogens is 1. The Morgan fingerprint density at radius 1 is 1.32 bits per heavy atom. The molecule has 1 aromatic heterocycles. The zero-order valence-corrected chi connectivity index (χ0v) is 13.6. The summed E-state index contributed by atoms with van der Waals surface area (Å²) < 4.78 is 42.5. The van der Waals surface area contributed by atoms with Crippen molar-refractivity contribution in [1.29, 1.82) is 0 Å². The van der Waals surface area contributed by atoms with Gasteiger partial charge in [-0.05, 0) is 25.1 Å². The number of carbonyl (C=O) groups is 1. The summed E-state index contributed by atoms with van der Waals surface area (Å²) in [6.07, 6.45) is -3.82. The number of non-ortho nitro benzene ring substituents is 1. The van der Waals surface area contributed by atoms with E-state index in [0.29, 0.717) is 6.20 Å². The summed E-state index contributed by atoms with van der Waals surface area (Å²) in [6, 6.07) is 5.60. The Hall–Kier alpha value is -2.62. The Balaban J connectivity index is 2.34. The highest BCUT2D eigenvalue weighted by Crippen LogP contribution is 2.34. The van der Waals surface area contributed by atoms with Crippen LogP contribution in [0.1, 0.15) is 22.8 Å². The van der Waals surface area contributed by atoms with Gasteiger partial charge in [0.05, 0.1) is 22.7 Å². The number of rotatable bonds is 5. The van der Waals surface area contributed by atoms with Crippen LogP contribution in [0, 0.1) is 10.1 Å². The average Bonchev–Trinajstić information content (AvgIpc) is 2.55. The van der Waals surface area contributed by atoms with Crippen LogP contribution in [-0.4, -0.2) is 22.5 Å². The van der Waals surface area contributed by atoms with Crippen molar-refractivity contribution < 1.29 is 27.6 Å². The summed E-state index contributed by atoms with van der Waals surface area (Å²) in [7, 11) is 0. The topological polar surface area (TPSA) is 82.3 Å². The lowest BCUT2D eigenvalue weighted by Crippen LogP contribution is -2.07. The Bertz CT molecular complexity index is 794. The van der Waals surface area contributed by atoms with Gasteiger partial charge in [-0.25, -0.2) is 9.78 Å². The number of benzene rings is 1. The molecule has 1 aromatic carbocycles. The lowest BCUT2D eigenvalue weighted by Gasteiger charge is -2.09. The third-order valence-corrected chi connectivity index (χ3v) is 3.97. The van der Waals surface area contributed by atoms with Gasteiger partial charge < -0.3 is 4.74 Å². The maximum absolute atomic E-state index is 12.5. The quantitative estimate of drug-likeness (QED) is 0.441. The predicted octanol–water partition coefficient (Wildman–Crippen LogP) is 4.34. The Labute approximate surface area is 144 Å². The van der Waals surface area contributed by atoms with Gasteiger partial charge in [-0.1, -0.05) is 11.8 Å². The zero-order valence-electron chi connectivity index (χ0n) is 12.7. The first kappa shape index (κ1) is 18.7. The van der Waals surface area contributed by atoms with Gasteiger partial charge in [-0.3, -0.25) is 10.1 Å². The number of nitro benzene ring substituents is 1. The van der Waals surface area contributed by atoms with Crippen LogP contribution in [0.25, 0.3) is 0 Å². The van der Waals surface area contributed by atoms with Crippen LogP contribution in [0.5, 0.6) is 0 Å². The number of nitro groups is 1. The molecule has 2 rings (SSSR count). The second-order valence-electron chi connectivity index (χ2n) is 4.64. The lowest BCUT2D eigenvalue weighted by molar-refractivity contribution is -0.384. The molecule has 0 atom stereocenters. The SMILES string of the molecule is CCOC(=O)c1cc([N+](=O)[O-])ccc1Sc1ccc(C(F)(F)F)cn1. The minimum Gasteiger partial charge on any atom is -0.462 e. The fourth-order valence-corrected chi connectivity index (χ4v) is 2.67. The van der Waals surface area contributed by atoms with Gasteiger partial charge in [-0.2, -0.15) is 13.2 Å². The number of ether oxygens (including phenoxy) is 1. The minimum atomic E-state index is -4.50. The summed E-state index contributed by atoms with van der Waals surface area (Å²) in [4.78, 5) is 26.2. The van der Waals surface area contributed by atoms with Crippen molar-refractivity contribution in [2.75, 3.05) is 6.61 Å². The maximum Gasteiger partial charge on any atom is 0.417 e. The number of nitrogens with zero attached hydrogens (tertiary/aromatic N) is 2. The first-order chi connectivity index (χ1) is 11.7. The Morgan fingerprint density at radius 3 is 2.56 bits per heavy atom. The van der Waals surface area contributed by atoms with Crippen LogP contribution in [0.2, 0.25) is 0 Å². The van der Waals surface area contributed by atoms with Crippen molar-refractivity contribution in [3.05, 3.63) is 57.8 Å². The first-order valence-corrected chi connectivity index (χ1v) is 7.70. The van der Waals surface area contributed by atoms with Gasteiger partial charge in [0, 0.05) is 23.2 Å². The smallest absolute Gasteiger partial charge is 0.417 e. The van der Waals surface area contributed by atoms with E-state index < -0.39 is 22.6 Å². The minimum absolute atomic E-state index is 0.0530. The second kappa shape index (κ2) is 7.51. The van der Waals surface area contributed by atoms with E-state index in [1.54, 1.807) is 6.92 Å².